The van der Waals surface area contributed by atoms with Crippen LogP contribution in [-0.2, 0) is 6.42 Å². The summed E-state index contributed by atoms with van der Waals surface area (Å²) in [5.41, 5.74) is 6.69. The first kappa shape index (κ1) is 13.8. The summed E-state index contributed by atoms with van der Waals surface area (Å²) < 4.78 is 0. The third kappa shape index (κ3) is 2.56. The maximum Gasteiger partial charge on any atom is 0.189 e. The molecule has 3 rings (SSSR count). The number of hydrogen-bond acceptors (Lipinski definition) is 1. The molecule has 0 unspecified atom stereocenters. The van der Waals surface area contributed by atoms with Crippen molar-refractivity contribution in [2.45, 2.75) is 33.1 Å². The second kappa shape index (κ2) is 5.33. The molecule has 1 nitrogen and oxygen atoms in total. The number of ketones is 1. The lowest BCUT2D eigenvalue weighted by Gasteiger charge is -2.10. The van der Waals surface area contributed by atoms with Crippen molar-refractivity contribution in [1.29, 1.82) is 0 Å². The van der Waals surface area contributed by atoms with E-state index < -0.39 is 0 Å². The lowest BCUT2D eigenvalue weighted by atomic mass is 9.95. The Balaban J connectivity index is 1.94. The third-order valence-corrected chi connectivity index (χ3v) is 4.19. The van der Waals surface area contributed by atoms with Crippen LogP contribution in [-0.4, -0.2) is 5.78 Å². The SMILES string of the molecule is Cc1cc(/C=C2\Cc3ccccc3C2=O)ccc1C(C)C. The third-order valence-electron chi connectivity index (χ3n) is 4.19. The van der Waals surface area contributed by atoms with Crippen molar-refractivity contribution in [1.82, 2.24) is 0 Å². The molecule has 0 saturated heterocycles. The number of fused-ring (bicyclic) bond motifs is 1. The lowest BCUT2D eigenvalue weighted by Crippen LogP contribution is -1.96. The summed E-state index contributed by atoms with van der Waals surface area (Å²) >= 11 is 0. The monoisotopic (exact) mass is 276 g/mol. The van der Waals surface area contributed by atoms with Crippen molar-refractivity contribution < 1.29 is 4.79 Å². The van der Waals surface area contributed by atoms with Gasteiger partial charge < -0.3 is 0 Å². The molecule has 0 N–H and O–H groups in total. The molecular formula is C20H20O. The summed E-state index contributed by atoms with van der Waals surface area (Å²) in [5.74, 6) is 0.709. The summed E-state index contributed by atoms with van der Waals surface area (Å²) in [6.45, 7) is 6.55. The molecule has 0 spiro atoms. The summed E-state index contributed by atoms with van der Waals surface area (Å²) in [7, 11) is 0. The zero-order chi connectivity index (χ0) is 15.0. The van der Waals surface area contributed by atoms with Gasteiger partial charge in [-0.2, -0.15) is 0 Å². The second-order valence-corrected chi connectivity index (χ2v) is 6.10. The van der Waals surface area contributed by atoms with Gasteiger partial charge >= 0.3 is 0 Å². The summed E-state index contributed by atoms with van der Waals surface area (Å²) in [4.78, 5) is 12.4. The summed E-state index contributed by atoms with van der Waals surface area (Å²) in [5, 5.41) is 0. The molecule has 2 aromatic rings. The molecule has 106 valence electrons. The maximum absolute atomic E-state index is 12.4. The van der Waals surface area contributed by atoms with Crippen LogP contribution < -0.4 is 0 Å². The molecule has 0 fully saturated rings. The first-order valence-electron chi connectivity index (χ1n) is 7.50. The van der Waals surface area contributed by atoms with E-state index in [4.69, 9.17) is 0 Å². The average Bonchev–Trinajstić information content (AvgIpc) is 2.76. The molecule has 0 bridgehead atoms. The van der Waals surface area contributed by atoms with E-state index in [0.717, 1.165) is 28.7 Å². The van der Waals surface area contributed by atoms with E-state index >= 15 is 0 Å². The van der Waals surface area contributed by atoms with Crippen LogP contribution in [0.2, 0.25) is 0 Å². The first-order valence-corrected chi connectivity index (χ1v) is 7.50. The van der Waals surface area contributed by atoms with Crippen molar-refractivity contribution in [3.05, 3.63) is 75.9 Å². The van der Waals surface area contributed by atoms with Crippen molar-refractivity contribution in [2.75, 3.05) is 0 Å². The van der Waals surface area contributed by atoms with Gasteiger partial charge in [-0.1, -0.05) is 56.3 Å². The van der Waals surface area contributed by atoms with E-state index in [1.54, 1.807) is 0 Å². The normalized spacial score (nSPS) is 15.8. The fraction of sp³-hybridized carbons (Fsp3) is 0.250. The number of hydrogen-bond donors (Lipinski definition) is 0. The Hall–Kier alpha value is -2.15. The van der Waals surface area contributed by atoms with E-state index in [2.05, 4.69) is 39.0 Å². The summed E-state index contributed by atoms with van der Waals surface area (Å²) in [6, 6.07) is 14.4. The van der Waals surface area contributed by atoms with Crippen molar-refractivity contribution >= 4 is 11.9 Å². The van der Waals surface area contributed by atoms with Crippen LogP contribution in [0.5, 0.6) is 0 Å². The molecule has 0 saturated carbocycles. The Morgan fingerprint density at radius 3 is 2.52 bits per heavy atom. The number of allylic oxidation sites excluding steroid dienone is 1. The highest BCUT2D eigenvalue weighted by Crippen LogP contribution is 2.28. The fourth-order valence-electron chi connectivity index (χ4n) is 3.11. The lowest BCUT2D eigenvalue weighted by molar-refractivity contribution is 0.104. The Morgan fingerprint density at radius 2 is 1.86 bits per heavy atom. The maximum atomic E-state index is 12.4. The van der Waals surface area contributed by atoms with E-state index in [1.807, 2.05) is 30.3 Å². The Labute approximate surface area is 126 Å². The Morgan fingerprint density at radius 1 is 1.10 bits per heavy atom. The molecule has 1 aliphatic rings. The van der Waals surface area contributed by atoms with Crippen LogP contribution in [0.15, 0.2) is 48.0 Å². The van der Waals surface area contributed by atoms with Gasteiger partial charge in [-0.05, 0) is 41.2 Å². The average molecular weight is 276 g/mol. The summed E-state index contributed by atoms with van der Waals surface area (Å²) in [6.07, 6.45) is 2.79. The number of carbonyl (C=O) groups is 1. The zero-order valence-corrected chi connectivity index (χ0v) is 12.8. The Kier molecular flexibility index (Phi) is 3.50. The standard InChI is InChI=1S/C20H20O/c1-13(2)18-9-8-15(10-14(18)3)11-17-12-16-6-4-5-7-19(16)20(17)21/h4-11,13H,12H2,1-3H3/b17-11+. The molecular weight excluding hydrogens is 256 g/mol. The Bertz CT molecular complexity index is 735. The van der Waals surface area contributed by atoms with Gasteiger partial charge in [0.1, 0.15) is 0 Å². The topological polar surface area (TPSA) is 17.1 Å². The predicted octanol–water partition coefficient (Wildman–Crippen LogP) is 4.94. The number of carbonyl (C=O) groups excluding carboxylic acids is 1. The van der Waals surface area contributed by atoms with E-state index in [9.17, 15) is 4.79 Å². The molecule has 0 heterocycles. The quantitative estimate of drug-likeness (QED) is 0.710. The van der Waals surface area contributed by atoms with Crippen LogP contribution >= 0.6 is 0 Å². The highest BCUT2D eigenvalue weighted by molar-refractivity contribution is 6.15. The van der Waals surface area contributed by atoms with Crippen LogP contribution in [0, 0.1) is 6.92 Å². The van der Waals surface area contributed by atoms with Gasteiger partial charge in [-0.15, -0.1) is 0 Å². The highest BCUT2D eigenvalue weighted by Gasteiger charge is 2.23. The molecule has 21 heavy (non-hydrogen) atoms. The van der Waals surface area contributed by atoms with Crippen molar-refractivity contribution in [3.63, 3.8) is 0 Å². The van der Waals surface area contributed by atoms with Gasteiger partial charge in [0.25, 0.3) is 0 Å². The minimum atomic E-state index is 0.177. The van der Waals surface area contributed by atoms with E-state index in [-0.39, 0.29) is 5.78 Å². The molecule has 0 amide bonds. The largest absolute Gasteiger partial charge is 0.289 e. The zero-order valence-electron chi connectivity index (χ0n) is 12.8. The van der Waals surface area contributed by atoms with Crippen molar-refractivity contribution in [3.8, 4) is 0 Å². The molecule has 1 aliphatic carbocycles. The van der Waals surface area contributed by atoms with Gasteiger partial charge in [0.2, 0.25) is 0 Å². The van der Waals surface area contributed by atoms with Crippen LogP contribution in [0.25, 0.3) is 6.08 Å². The van der Waals surface area contributed by atoms with Crippen LogP contribution in [0.4, 0.5) is 0 Å². The number of benzene rings is 2. The number of rotatable bonds is 2. The molecule has 2 aromatic carbocycles. The number of aryl methyl sites for hydroxylation is 1. The van der Waals surface area contributed by atoms with Gasteiger partial charge in [-0.3, -0.25) is 4.79 Å². The molecule has 0 atom stereocenters. The number of Topliss-reactive ketones (excluding diaryl/α,β-unsaturated/α-hetero) is 1. The molecule has 0 aromatic heterocycles. The first-order chi connectivity index (χ1) is 10.1. The molecule has 0 radical (unpaired) electrons. The van der Waals surface area contributed by atoms with E-state index in [0.29, 0.717) is 5.92 Å². The molecule has 1 heteroatoms. The highest BCUT2D eigenvalue weighted by atomic mass is 16.1. The van der Waals surface area contributed by atoms with Gasteiger partial charge in [0, 0.05) is 17.6 Å². The predicted molar refractivity (Wildman–Crippen MR) is 87.7 cm³/mol. The van der Waals surface area contributed by atoms with E-state index in [1.165, 1.54) is 11.1 Å². The van der Waals surface area contributed by atoms with Crippen LogP contribution in [0.1, 0.15) is 52.4 Å². The minimum absolute atomic E-state index is 0.177. The fourth-order valence-corrected chi connectivity index (χ4v) is 3.11. The smallest absolute Gasteiger partial charge is 0.189 e. The van der Waals surface area contributed by atoms with Gasteiger partial charge in [0.05, 0.1) is 0 Å². The van der Waals surface area contributed by atoms with Crippen LogP contribution in [0.3, 0.4) is 0 Å². The van der Waals surface area contributed by atoms with Gasteiger partial charge in [0.15, 0.2) is 5.78 Å². The minimum Gasteiger partial charge on any atom is -0.289 e. The molecule has 0 aliphatic heterocycles. The van der Waals surface area contributed by atoms with Crippen molar-refractivity contribution in [2.24, 2.45) is 0 Å². The second-order valence-electron chi connectivity index (χ2n) is 6.10. The van der Waals surface area contributed by atoms with Gasteiger partial charge in [-0.25, -0.2) is 0 Å².